The van der Waals surface area contributed by atoms with Crippen molar-refractivity contribution >= 4 is 27.5 Å². The van der Waals surface area contributed by atoms with Crippen molar-refractivity contribution < 1.29 is 22.7 Å². The topological polar surface area (TPSA) is 96.0 Å². The van der Waals surface area contributed by atoms with E-state index in [1.165, 1.54) is 9.21 Å². The normalized spacial score (nSPS) is 18.4. The molecule has 0 radical (unpaired) electrons. The van der Waals surface area contributed by atoms with E-state index in [0.29, 0.717) is 30.9 Å². The van der Waals surface area contributed by atoms with Crippen LogP contribution in [0.4, 0.5) is 5.69 Å². The van der Waals surface area contributed by atoms with Gasteiger partial charge in [-0.15, -0.1) is 0 Å². The molecule has 1 atom stereocenters. The number of hydrogen-bond donors (Lipinski definition) is 1. The second kappa shape index (κ2) is 10.1. The molecule has 1 fully saturated rings. The molecule has 8 nitrogen and oxygen atoms in total. The van der Waals surface area contributed by atoms with Crippen LogP contribution in [0.2, 0.25) is 0 Å². The third kappa shape index (κ3) is 4.81. The molecule has 2 aliphatic rings. The molecule has 2 heterocycles. The maximum Gasteiger partial charge on any atom is 0.243 e. The van der Waals surface area contributed by atoms with Gasteiger partial charge in [-0.2, -0.15) is 4.31 Å². The van der Waals surface area contributed by atoms with E-state index in [-0.39, 0.29) is 29.6 Å². The lowest BCUT2D eigenvalue weighted by molar-refractivity contribution is -0.126. The van der Waals surface area contributed by atoms with E-state index in [9.17, 15) is 18.0 Å². The number of benzene rings is 2. The largest absolute Gasteiger partial charge is 0.497 e. The van der Waals surface area contributed by atoms with Crippen LogP contribution in [0, 0.1) is 0 Å². The van der Waals surface area contributed by atoms with Crippen molar-refractivity contribution in [1.82, 2.24) is 9.62 Å². The van der Waals surface area contributed by atoms with Crippen LogP contribution in [0.25, 0.3) is 0 Å². The van der Waals surface area contributed by atoms with Crippen LogP contribution in [0.15, 0.2) is 47.4 Å². The van der Waals surface area contributed by atoms with E-state index in [0.717, 1.165) is 30.6 Å². The van der Waals surface area contributed by atoms with E-state index < -0.39 is 16.1 Å². The van der Waals surface area contributed by atoms with Crippen LogP contribution in [0.1, 0.15) is 43.7 Å². The summed E-state index contributed by atoms with van der Waals surface area (Å²) >= 11 is 0. The fourth-order valence-corrected chi connectivity index (χ4v) is 6.15. The minimum Gasteiger partial charge on any atom is -0.497 e. The van der Waals surface area contributed by atoms with Crippen molar-refractivity contribution in [2.24, 2.45) is 0 Å². The Bertz CT molecular complexity index is 1160. The molecule has 0 spiro atoms. The molecule has 0 aromatic heterocycles. The summed E-state index contributed by atoms with van der Waals surface area (Å²) in [6, 6.07) is 11.5. The molecule has 2 aliphatic heterocycles. The number of fused-ring (bicyclic) bond motifs is 1. The molecule has 4 rings (SSSR count). The van der Waals surface area contributed by atoms with Crippen molar-refractivity contribution in [2.45, 2.75) is 56.5 Å². The van der Waals surface area contributed by atoms with Gasteiger partial charge in [0.05, 0.1) is 12.0 Å². The Balaban J connectivity index is 1.54. The van der Waals surface area contributed by atoms with Crippen LogP contribution in [-0.4, -0.2) is 50.8 Å². The first-order valence-electron chi connectivity index (χ1n) is 11.7. The van der Waals surface area contributed by atoms with Crippen LogP contribution < -0.4 is 15.0 Å². The number of anilines is 1. The molecule has 0 bridgehead atoms. The van der Waals surface area contributed by atoms with Gasteiger partial charge >= 0.3 is 0 Å². The van der Waals surface area contributed by atoms with Gasteiger partial charge in [0.25, 0.3) is 0 Å². The van der Waals surface area contributed by atoms with E-state index in [1.54, 1.807) is 32.2 Å². The summed E-state index contributed by atoms with van der Waals surface area (Å²) in [5.74, 6) is 0.292. The minimum atomic E-state index is -3.60. The molecule has 0 unspecified atom stereocenters. The van der Waals surface area contributed by atoms with Gasteiger partial charge in [-0.1, -0.05) is 25.5 Å². The van der Waals surface area contributed by atoms with Crippen LogP contribution in [0.3, 0.4) is 0 Å². The SMILES string of the molecule is CCC(=O)N1c2ccc(S(=O)(=O)N3CCCCC3)cc2C[C@@H]1C(=O)NCc1ccc(OC)cc1. The molecule has 0 aliphatic carbocycles. The number of piperidine rings is 1. The predicted octanol–water partition coefficient (Wildman–Crippen LogP) is 2.85. The number of sulfonamides is 1. The molecule has 2 amide bonds. The molecule has 182 valence electrons. The zero-order valence-corrected chi connectivity index (χ0v) is 20.4. The first kappa shape index (κ1) is 24.2. The van der Waals surface area contributed by atoms with Gasteiger partial charge in [-0.05, 0) is 54.3 Å². The zero-order valence-electron chi connectivity index (χ0n) is 19.6. The van der Waals surface area contributed by atoms with Crippen molar-refractivity contribution in [2.75, 3.05) is 25.1 Å². The molecule has 34 heavy (non-hydrogen) atoms. The Morgan fingerprint density at radius 3 is 2.41 bits per heavy atom. The highest BCUT2D eigenvalue weighted by Crippen LogP contribution is 2.35. The molecule has 1 N–H and O–H groups in total. The molecular formula is C25H31N3O5S. The lowest BCUT2D eigenvalue weighted by atomic mass is 10.1. The summed E-state index contributed by atoms with van der Waals surface area (Å²) in [5.41, 5.74) is 2.21. The maximum absolute atomic E-state index is 13.1. The van der Waals surface area contributed by atoms with Crippen molar-refractivity contribution in [3.8, 4) is 5.75 Å². The number of ether oxygens (including phenoxy) is 1. The predicted molar refractivity (Wildman–Crippen MR) is 129 cm³/mol. The first-order valence-corrected chi connectivity index (χ1v) is 13.1. The number of carbonyl (C=O) groups is 2. The fraction of sp³-hybridized carbons (Fsp3) is 0.440. The highest BCUT2D eigenvalue weighted by atomic mass is 32.2. The Kier molecular flexibility index (Phi) is 7.23. The quantitative estimate of drug-likeness (QED) is 0.651. The zero-order chi connectivity index (χ0) is 24.3. The number of methoxy groups -OCH3 is 1. The summed E-state index contributed by atoms with van der Waals surface area (Å²) < 4.78 is 33.0. The number of nitrogens with one attached hydrogen (secondary N) is 1. The van der Waals surface area contributed by atoms with Crippen molar-refractivity contribution in [3.63, 3.8) is 0 Å². The lowest BCUT2D eigenvalue weighted by Gasteiger charge is -2.26. The smallest absolute Gasteiger partial charge is 0.243 e. The van der Waals surface area contributed by atoms with Gasteiger partial charge in [-0.3, -0.25) is 14.5 Å². The average Bonchev–Trinajstić information content (AvgIpc) is 3.26. The monoisotopic (exact) mass is 485 g/mol. The van der Waals surface area contributed by atoms with Gasteiger partial charge in [0, 0.05) is 38.2 Å². The van der Waals surface area contributed by atoms with Crippen LogP contribution in [0.5, 0.6) is 5.75 Å². The van der Waals surface area contributed by atoms with Gasteiger partial charge in [0.1, 0.15) is 11.8 Å². The van der Waals surface area contributed by atoms with E-state index >= 15 is 0 Å². The molecule has 2 aromatic carbocycles. The van der Waals surface area contributed by atoms with E-state index in [4.69, 9.17) is 4.74 Å². The highest BCUT2D eigenvalue weighted by Gasteiger charge is 2.38. The molecule has 0 saturated carbocycles. The average molecular weight is 486 g/mol. The van der Waals surface area contributed by atoms with Crippen LogP contribution in [-0.2, 0) is 32.6 Å². The van der Waals surface area contributed by atoms with Gasteiger partial charge < -0.3 is 10.1 Å². The van der Waals surface area contributed by atoms with Crippen molar-refractivity contribution in [3.05, 3.63) is 53.6 Å². The summed E-state index contributed by atoms with van der Waals surface area (Å²) in [7, 11) is -2.00. The molecule has 9 heteroatoms. The van der Waals surface area contributed by atoms with Crippen molar-refractivity contribution in [1.29, 1.82) is 0 Å². The Labute approximate surface area is 200 Å². The van der Waals surface area contributed by atoms with Gasteiger partial charge in [-0.25, -0.2) is 8.42 Å². The lowest BCUT2D eigenvalue weighted by Crippen LogP contribution is -2.47. The number of carbonyl (C=O) groups excluding carboxylic acids is 2. The molecule has 1 saturated heterocycles. The number of rotatable bonds is 7. The summed E-state index contributed by atoms with van der Waals surface area (Å²) in [4.78, 5) is 27.6. The fourth-order valence-electron chi connectivity index (χ4n) is 4.58. The van der Waals surface area contributed by atoms with E-state index in [2.05, 4.69) is 5.32 Å². The standard InChI is InChI=1S/C25H31N3O5S/c1-3-24(29)28-22-12-11-21(34(31,32)27-13-5-4-6-14-27)15-19(22)16-23(28)25(30)26-17-18-7-9-20(33-2)10-8-18/h7-12,15,23H,3-6,13-14,16-17H2,1-2H3,(H,26,30)/t23-/m1/s1. The second-order valence-electron chi connectivity index (χ2n) is 8.66. The minimum absolute atomic E-state index is 0.171. The van der Waals surface area contributed by atoms with Crippen LogP contribution >= 0.6 is 0 Å². The third-order valence-electron chi connectivity index (χ3n) is 6.49. The van der Waals surface area contributed by atoms with E-state index in [1.807, 2.05) is 24.3 Å². The Morgan fingerprint density at radius 2 is 1.76 bits per heavy atom. The summed E-state index contributed by atoms with van der Waals surface area (Å²) in [6.45, 7) is 3.12. The molecular weight excluding hydrogens is 454 g/mol. The highest BCUT2D eigenvalue weighted by molar-refractivity contribution is 7.89. The first-order chi connectivity index (χ1) is 16.3. The number of hydrogen-bond acceptors (Lipinski definition) is 5. The summed E-state index contributed by atoms with van der Waals surface area (Å²) in [5, 5.41) is 2.92. The molecule has 2 aromatic rings. The van der Waals surface area contributed by atoms with Gasteiger partial charge in [0.15, 0.2) is 0 Å². The maximum atomic E-state index is 13.1. The Morgan fingerprint density at radius 1 is 1.06 bits per heavy atom. The second-order valence-corrected chi connectivity index (χ2v) is 10.6. The summed E-state index contributed by atoms with van der Waals surface area (Å²) in [6.07, 6.45) is 3.28. The number of amides is 2. The third-order valence-corrected chi connectivity index (χ3v) is 8.38. The Hall–Kier alpha value is -2.91. The van der Waals surface area contributed by atoms with Gasteiger partial charge in [0.2, 0.25) is 21.8 Å². The number of nitrogens with zero attached hydrogens (tertiary/aromatic N) is 2.